The maximum atomic E-state index is 13.6. The molecule has 0 bridgehead atoms. The molecule has 2 heterocycles. The number of fused-ring (bicyclic) bond motifs is 3. The van der Waals surface area contributed by atoms with Gasteiger partial charge in [-0.15, -0.1) is 0 Å². The van der Waals surface area contributed by atoms with Gasteiger partial charge in [0.25, 0.3) is 5.91 Å². The van der Waals surface area contributed by atoms with Crippen molar-refractivity contribution in [3.05, 3.63) is 58.9 Å². The maximum Gasteiger partial charge on any atom is 0.351 e. The SMILES string of the molecule is O=C1c2ccccc2N2C(=O)CCC2(C(=O)O)N1c1ccc(F)c(Cl)c1. The van der Waals surface area contributed by atoms with Crippen molar-refractivity contribution in [2.75, 3.05) is 9.80 Å². The summed E-state index contributed by atoms with van der Waals surface area (Å²) in [6.07, 6.45) is -0.115. The molecule has 0 spiro atoms. The maximum absolute atomic E-state index is 13.6. The van der Waals surface area contributed by atoms with E-state index in [0.29, 0.717) is 0 Å². The van der Waals surface area contributed by atoms with Gasteiger partial charge in [0.2, 0.25) is 11.6 Å². The fraction of sp³-hybridized carbons (Fsp3) is 0.167. The lowest BCUT2D eigenvalue weighted by molar-refractivity contribution is -0.143. The van der Waals surface area contributed by atoms with Crippen LogP contribution < -0.4 is 9.80 Å². The Morgan fingerprint density at radius 1 is 1.15 bits per heavy atom. The van der Waals surface area contributed by atoms with Gasteiger partial charge in [-0.1, -0.05) is 23.7 Å². The molecule has 8 heteroatoms. The third kappa shape index (κ3) is 2.00. The van der Waals surface area contributed by atoms with Crippen molar-refractivity contribution in [1.82, 2.24) is 0 Å². The Hall–Kier alpha value is -2.93. The molecule has 0 radical (unpaired) electrons. The van der Waals surface area contributed by atoms with Crippen LogP contribution in [-0.2, 0) is 9.59 Å². The Balaban J connectivity index is 2.03. The van der Waals surface area contributed by atoms with E-state index in [1.165, 1.54) is 18.2 Å². The number of nitrogens with zero attached hydrogens (tertiary/aromatic N) is 2. The number of amides is 2. The van der Waals surface area contributed by atoms with Crippen molar-refractivity contribution >= 4 is 40.8 Å². The number of aliphatic carboxylic acids is 1. The summed E-state index contributed by atoms with van der Waals surface area (Å²) in [6.45, 7) is 0. The predicted octanol–water partition coefficient (Wildman–Crippen LogP) is 3.05. The van der Waals surface area contributed by atoms with E-state index in [9.17, 15) is 23.9 Å². The second-order valence-corrected chi connectivity index (χ2v) is 6.51. The first-order valence-corrected chi connectivity index (χ1v) is 8.21. The van der Waals surface area contributed by atoms with E-state index in [0.717, 1.165) is 15.9 Å². The molecule has 2 aromatic rings. The zero-order valence-electron chi connectivity index (χ0n) is 13.3. The molecule has 1 saturated heterocycles. The van der Waals surface area contributed by atoms with Gasteiger partial charge in [-0.05, 0) is 30.3 Å². The van der Waals surface area contributed by atoms with Crippen molar-refractivity contribution in [3.63, 3.8) is 0 Å². The Morgan fingerprint density at radius 2 is 1.88 bits per heavy atom. The minimum absolute atomic E-state index is 0.0284. The van der Waals surface area contributed by atoms with E-state index < -0.39 is 29.3 Å². The van der Waals surface area contributed by atoms with Crippen LogP contribution >= 0.6 is 11.6 Å². The fourth-order valence-electron chi connectivity index (χ4n) is 3.65. The lowest BCUT2D eigenvalue weighted by Gasteiger charge is -2.47. The van der Waals surface area contributed by atoms with Crippen LogP contribution in [0.3, 0.4) is 0 Å². The number of benzene rings is 2. The smallest absolute Gasteiger partial charge is 0.351 e. The van der Waals surface area contributed by atoms with E-state index in [1.54, 1.807) is 18.2 Å². The highest BCUT2D eigenvalue weighted by Crippen LogP contribution is 2.46. The lowest BCUT2D eigenvalue weighted by atomic mass is 9.95. The zero-order valence-corrected chi connectivity index (χ0v) is 14.0. The van der Waals surface area contributed by atoms with Crippen molar-refractivity contribution in [1.29, 1.82) is 0 Å². The summed E-state index contributed by atoms with van der Waals surface area (Å²) in [5.74, 6) is -3.02. The number of carboxylic acid groups (broad SMARTS) is 1. The van der Waals surface area contributed by atoms with E-state index >= 15 is 0 Å². The first kappa shape index (κ1) is 16.5. The quantitative estimate of drug-likeness (QED) is 0.876. The molecule has 1 atom stereocenters. The molecule has 2 amide bonds. The van der Waals surface area contributed by atoms with E-state index in [-0.39, 0.29) is 34.8 Å². The number of hydrogen-bond acceptors (Lipinski definition) is 3. The average molecular weight is 375 g/mol. The van der Waals surface area contributed by atoms with Crippen molar-refractivity contribution in [2.24, 2.45) is 0 Å². The average Bonchev–Trinajstić information content (AvgIpc) is 2.97. The van der Waals surface area contributed by atoms with Crippen molar-refractivity contribution in [3.8, 4) is 0 Å². The highest BCUT2D eigenvalue weighted by Gasteiger charge is 2.61. The summed E-state index contributed by atoms with van der Waals surface area (Å²) in [6, 6.07) is 9.85. The summed E-state index contributed by atoms with van der Waals surface area (Å²) in [5, 5.41) is 9.78. The molecule has 1 unspecified atom stereocenters. The second-order valence-electron chi connectivity index (χ2n) is 6.11. The van der Waals surface area contributed by atoms with Gasteiger partial charge < -0.3 is 5.11 Å². The number of halogens is 2. The molecular formula is C18H12ClFN2O4. The topological polar surface area (TPSA) is 77.9 Å². The minimum Gasteiger partial charge on any atom is -0.478 e. The molecule has 1 fully saturated rings. The summed E-state index contributed by atoms with van der Waals surface area (Å²) in [5.41, 5.74) is -1.35. The molecule has 0 saturated carbocycles. The fourth-order valence-corrected chi connectivity index (χ4v) is 3.82. The van der Waals surface area contributed by atoms with Gasteiger partial charge in [0, 0.05) is 18.5 Å². The molecule has 26 heavy (non-hydrogen) atoms. The standard InChI is InChI=1S/C18H12ClFN2O4/c19-12-9-10(5-6-13(12)20)21-16(24)11-3-1-2-4-14(11)22-15(23)7-8-18(21,22)17(25)26/h1-6,9H,7-8H2,(H,25,26). The molecule has 1 N–H and O–H groups in total. The number of para-hydroxylation sites is 1. The number of hydrogen-bond donors (Lipinski definition) is 1. The molecule has 0 aromatic heterocycles. The Labute approximate surface area is 152 Å². The molecule has 4 rings (SSSR count). The molecule has 2 aliphatic heterocycles. The van der Waals surface area contributed by atoms with Gasteiger partial charge in [0.15, 0.2) is 0 Å². The molecular weight excluding hydrogens is 363 g/mol. The van der Waals surface area contributed by atoms with Gasteiger partial charge in [-0.2, -0.15) is 0 Å². The molecule has 2 aromatic carbocycles. The first-order valence-electron chi connectivity index (χ1n) is 7.83. The van der Waals surface area contributed by atoms with E-state index in [2.05, 4.69) is 0 Å². The van der Waals surface area contributed by atoms with Gasteiger partial charge in [-0.3, -0.25) is 19.4 Å². The van der Waals surface area contributed by atoms with Gasteiger partial charge in [0.1, 0.15) is 5.82 Å². The van der Waals surface area contributed by atoms with Crippen molar-refractivity contribution in [2.45, 2.75) is 18.5 Å². The Kier molecular flexibility index (Phi) is 3.52. The normalized spacial score (nSPS) is 21.6. The van der Waals surface area contributed by atoms with E-state index in [4.69, 9.17) is 11.6 Å². The van der Waals surface area contributed by atoms with Crippen LogP contribution in [0.15, 0.2) is 42.5 Å². The highest BCUT2D eigenvalue weighted by atomic mass is 35.5. The molecule has 0 aliphatic carbocycles. The Morgan fingerprint density at radius 3 is 2.58 bits per heavy atom. The van der Waals surface area contributed by atoms with Gasteiger partial charge in [0.05, 0.1) is 16.3 Å². The number of anilines is 2. The van der Waals surface area contributed by atoms with Crippen LogP contribution in [-0.4, -0.2) is 28.6 Å². The van der Waals surface area contributed by atoms with Crippen LogP contribution in [0.5, 0.6) is 0 Å². The van der Waals surface area contributed by atoms with Gasteiger partial charge >= 0.3 is 5.97 Å². The largest absolute Gasteiger partial charge is 0.478 e. The van der Waals surface area contributed by atoms with Crippen LogP contribution in [0.1, 0.15) is 23.2 Å². The predicted molar refractivity (Wildman–Crippen MR) is 91.7 cm³/mol. The minimum atomic E-state index is -1.91. The molecule has 6 nitrogen and oxygen atoms in total. The molecule has 2 aliphatic rings. The summed E-state index contributed by atoms with van der Waals surface area (Å²) < 4.78 is 13.6. The second kappa shape index (κ2) is 5.54. The summed E-state index contributed by atoms with van der Waals surface area (Å²) in [7, 11) is 0. The first-order chi connectivity index (χ1) is 12.4. The van der Waals surface area contributed by atoms with Crippen LogP contribution in [0.2, 0.25) is 5.02 Å². The van der Waals surface area contributed by atoms with Crippen molar-refractivity contribution < 1.29 is 23.9 Å². The summed E-state index contributed by atoms with van der Waals surface area (Å²) in [4.78, 5) is 40.1. The number of carbonyl (C=O) groups excluding carboxylic acids is 2. The monoisotopic (exact) mass is 374 g/mol. The lowest BCUT2D eigenvalue weighted by Crippen LogP contribution is -2.68. The highest BCUT2D eigenvalue weighted by molar-refractivity contribution is 6.31. The van der Waals surface area contributed by atoms with Crippen LogP contribution in [0, 0.1) is 5.82 Å². The molecule has 132 valence electrons. The van der Waals surface area contributed by atoms with Crippen LogP contribution in [0.4, 0.5) is 15.8 Å². The third-order valence-electron chi connectivity index (χ3n) is 4.76. The van der Waals surface area contributed by atoms with Crippen LogP contribution in [0.25, 0.3) is 0 Å². The number of carbonyl (C=O) groups is 3. The van der Waals surface area contributed by atoms with Gasteiger partial charge in [-0.25, -0.2) is 9.18 Å². The Bertz CT molecular complexity index is 979. The third-order valence-corrected chi connectivity index (χ3v) is 5.05. The number of carboxylic acids is 1. The van der Waals surface area contributed by atoms with E-state index in [1.807, 2.05) is 0 Å². The zero-order chi connectivity index (χ0) is 18.6. The number of rotatable bonds is 2. The summed E-state index contributed by atoms with van der Waals surface area (Å²) >= 11 is 5.84.